The van der Waals surface area contributed by atoms with Crippen LogP contribution in [-0.2, 0) is 0 Å². The number of rotatable bonds is 3. The van der Waals surface area contributed by atoms with Gasteiger partial charge in [0.2, 0.25) is 0 Å². The summed E-state index contributed by atoms with van der Waals surface area (Å²) in [5.74, 6) is 0.0526. The fraction of sp³-hybridized carbons (Fsp3) is 0.583. The molecule has 94 valence electrons. The highest BCUT2D eigenvalue weighted by molar-refractivity contribution is 6.30. The Morgan fingerprint density at radius 3 is 3.12 bits per heavy atom. The van der Waals surface area contributed by atoms with Crippen molar-refractivity contribution in [3.8, 4) is 0 Å². The van der Waals surface area contributed by atoms with Crippen molar-refractivity contribution >= 4 is 17.5 Å². The van der Waals surface area contributed by atoms with Crippen LogP contribution in [0, 0.1) is 0 Å². The van der Waals surface area contributed by atoms with Crippen LogP contribution in [0.25, 0.3) is 0 Å². The molecule has 1 atom stereocenters. The second-order valence-corrected chi connectivity index (χ2v) is 4.87. The van der Waals surface area contributed by atoms with Crippen LogP contribution >= 0.6 is 11.6 Å². The molecule has 0 aliphatic carbocycles. The number of hydrogen-bond acceptors (Lipinski definition) is 2. The van der Waals surface area contributed by atoms with Crippen LogP contribution in [0.2, 0.25) is 5.02 Å². The average Bonchev–Trinajstić information content (AvgIpc) is 2.76. The van der Waals surface area contributed by atoms with Gasteiger partial charge in [0.05, 0.1) is 5.02 Å². The van der Waals surface area contributed by atoms with Gasteiger partial charge < -0.3 is 15.2 Å². The van der Waals surface area contributed by atoms with Gasteiger partial charge in [-0.3, -0.25) is 4.79 Å². The summed E-state index contributed by atoms with van der Waals surface area (Å²) in [5.41, 5.74) is 0.581. The number of carbonyl (C=O) groups excluding carboxylic acids is 1. The number of carbonyl (C=O) groups is 1. The molecule has 0 radical (unpaired) electrons. The predicted molar refractivity (Wildman–Crippen MR) is 68.4 cm³/mol. The molecule has 2 N–H and O–H groups in total. The fourth-order valence-electron chi connectivity index (χ4n) is 2.36. The first kappa shape index (κ1) is 12.5. The standard InChI is InChI=1S/C12H18ClN3O/c1-14-8-10-4-2-3-5-16(10)12(17)11-6-9(13)7-15-11/h6-7,10,14-15H,2-5,8H2,1H3. The van der Waals surface area contributed by atoms with Gasteiger partial charge in [-0.15, -0.1) is 0 Å². The molecule has 1 amide bonds. The number of likely N-dealkylation sites (N-methyl/N-ethyl adjacent to an activating group) is 1. The lowest BCUT2D eigenvalue weighted by Crippen LogP contribution is -2.48. The Morgan fingerprint density at radius 2 is 2.47 bits per heavy atom. The van der Waals surface area contributed by atoms with E-state index in [1.165, 1.54) is 6.42 Å². The van der Waals surface area contributed by atoms with Gasteiger partial charge in [0.1, 0.15) is 5.69 Å². The van der Waals surface area contributed by atoms with E-state index in [9.17, 15) is 4.79 Å². The number of amides is 1. The van der Waals surface area contributed by atoms with Gasteiger partial charge in [-0.2, -0.15) is 0 Å². The van der Waals surface area contributed by atoms with E-state index in [0.717, 1.165) is 25.9 Å². The summed E-state index contributed by atoms with van der Waals surface area (Å²) >= 11 is 5.83. The monoisotopic (exact) mass is 255 g/mol. The van der Waals surface area contributed by atoms with E-state index in [1.54, 1.807) is 12.3 Å². The zero-order valence-electron chi connectivity index (χ0n) is 10.0. The Bertz CT molecular complexity index is 389. The molecule has 1 aliphatic rings. The first-order chi connectivity index (χ1) is 8.22. The molecule has 0 spiro atoms. The summed E-state index contributed by atoms with van der Waals surface area (Å²) < 4.78 is 0. The van der Waals surface area contributed by atoms with Crippen LogP contribution in [-0.4, -0.2) is 42.0 Å². The lowest BCUT2D eigenvalue weighted by atomic mass is 10.0. The first-order valence-electron chi connectivity index (χ1n) is 6.02. The molecule has 0 bridgehead atoms. The number of nitrogens with one attached hydrogen (secondary N) is 2. The average molecular weight is 256 g/mol. The number of nitrogens with zero attached hydrogens (tertiary/aromatic N) is 1. The van der Waals surface area contributed by atoms with Gasteiger partial charge in [0, 0.05) is 25.3 Å². The van der Waals surface area contributed by atoms with E-state index in [1.807, 2.05) is 11.9 Å². The van der Waals surface area contributed by atoms with E-state index < -0.39 is 0 Å². The topological polar surface area (TPSA) is 48.1 Å². The van der Waals surface area contributed by atoms with Gasteiger partial charge in [-0.25, -0.2) is 0 Å². The largest absolute Gasteiger partial charge is 0.356 e. The molecular formula is C12H18ClN3O. The van der Waals surface area contributed by atoms with Crippen molar-refractivity contribution in [2.24, 2.45) is 0 Å². The van der Waals surface area contributed by atoms with Crippen LogP contribution in [0.15, 0.2) is 12.3 Å². The first-order valence-corrected chi connectivity index (χ1v) is 6.39. The van der Waals surface area contributed by atoms with Crippen LogP contribution in [0.4, 0.5) is 0 Å². The van der Waals surface area contributed by atoms with Crippen LogP contribution in [0.1, 0.15) is 29.8 Å². The van der Waals surface area contributed by atoms with Crippen LogP contribution < -0.4 is 5.32 Å². The number of piperidine rings is 1. The lowest BCUT2D eigenvalue weighted by Gasteiger charge is -2.35. The smallest absolute Gasteiger partial charge is 0.270 e. The molecule has 5 heteroatoms. The van der Waals surface area contributed by atoms with E-state index in [4.69, 9.17) is 11.6 Å². The number of aromatic nitrogens is 1. The summed E-state index contributed by atoms with van der Waals surface area (Å²) in [6, 6.07) is 1.98. The summed E-state index contributed by atoms with van der Waals surface area (Å²) in [6.45, 7) is 1.68. The van der Waals surface area contributed by atoms with Crippen LogP contribution in [0.3, 0.4) is 0 Å². The fourth-order valence-corrected chi connectivity index (χ4v) is 2.53. The van der Waals surface area contributed by atoms with Crippen molar-refractivity contribution < 1.29 is 4.79 Å². The van der Waals surface area contributed by atoms with Crippen molar-refractivity contribution in [3.05, 3.63) is 23.0 Å². The summed E-state index contributed by atoms with van der Waals surface area (Å²) in [4.78, 5) is 17.2. The molecule has 2 rings (SSSR count). The minimum atomic E-state index is 0.0526. The van der Waals surface area contributed by atoms with Crippen molar-refractivity contribution in [2.75, 3.05) is 20.1 Å². The van der Waals surface area contributed by atoms with Gasteiger partial charge >= 0.3 is 0 Å². The van der Waals surface area contributed by atoms with E-state index in [-0.39, 0.29) is 5.91 Å². The molecule has 1 unspecified atom stereocenters. The minimum absolute atomic E-state index is 0.0526. The zero-order chi connectivity index (χ0) is 12.3. The molecule has 1 aromatic rings. The number of H-pyrrole nitrogens is 1. The molecule has 0 saturated carbocycles. The number of likely N-dealkylation sites (tertiary alicyclic amines) is 1. The Labute approximate surface area is 106 Å². The highest BCUT2D eigenvalue weighted by atomic mass is 35.5. The Hall–Kier alpha value is -1.00. The van der Waals surface area contributed by atoms with E-state index in [0.29, 0.717) is 16.8 Å². The highest BCUT2D eigenvalue weighted by Gasteiger charge is 2.27. The Balaban J connectivity index is 2.10. The van der Waals surface area contributed by atoms with E-state index >= 15 is 0 Å². The van der Waals surface area contributed by atoms with Gasteiger partial charge in [-0.05, 0) is 32.4 Å². The van der Waals surface area contributed by atoms with E-state index in [2.05, 4.69) is 10.3 Å². The summed E-state index contributed by atoms with van der Waals surface area (Å²) in [7, 11) is 1.92. The SMILES string of the molecule is CNCC1CCCCN1C(=O)c1cc(Cl)c[nH]1. The summed E-state index contributed by atoms with van der Waals surface area (Å²) in [5, 5.41) is 3.73. The Kier molecular flexibility index (Phi) is 4.07. The van der Waals surface area contributed by atoms with Crippen molar-refractivity contribution in [3.63, 3.8) is 0 Å². The molecule has 2 heterocycles. The van der Waals surface area contributed by atoms with Crippen molar-refractivity contribution in [1.29, 1.82) is 0 Å². The molecule has 4 nitrogen and oxygen atoms in total. The number of hydrogen-bond donors (Lipinski definition) is 2. The zero-order valence-corrected chi connectivity index (χ0v) is 10.8. The van der Waals surface area contributed by atoms with Gasteiger partial charge in [-0.1, -0.05) is 11.6 Å². The van der Waals surface area contributed by atoms with Gasteiger partial charge in [0.25, 0.3) is 5.91 Å². The minimum Gasteiger partial charge on any atom is -0.356 e. The van der Waals surface area contributed by atoms with Crippen LogP contribution in [0.5, 0.6) is 0 Å². The third-order valence-electron chi connectivity index (χ3n) is 3.21. The maximum Gasteiger partial charge on any atom is 0.270 e. The van der Waals surface area contributed by atoms with Crippen molar-refractivity contribution in [1.82, 2.24) is 15.2 Å². The number of halogens is 1. The molecule has 1 fully saturated rings. The third-order valence-corrected chi connectivity index (χ3v) is 3.42. The summed E-state index contributed by atoms with van der Waals surface area (Å²) in [6.07, 6.45) is 4.99. The normalized spacial score (nSPS) is 20.6. The quantitative estimate of drug-likeness (QED) is 0.867. The van der Waals surface area contributed by atoms with Crippen molar-refractivity contribution in [2.45, 2.75) is 25.3 Å². The molecule has 0 aromatic carbocycles. The molecule has 1 aromatic heterocycles. The molecular weight excluding hydrogens is 238 g/mol. The highest BCUT2D eigenvalue weighted by Crippen LogP contribution is 2.20. The second-order valence-electron chi connectivity index (χ2n) is 4.44. The number of aromatic amines is 1. The third kappa shape index (κ3) is 2.82. The molecule has 1 saturated heterocycles. The maximum absolute atomic E-state index is 12.3. The molecule has 1 aliphatic heterocycles. The second kappa shape index (κ2) is 5.56. The van der Waals surface area contributed by atoms with Gasteiger partial charge in [0.15, 0.2) is 0 Å². The maximum atomic E-state index is 12.3. The predicted octanol–water partition coefficient (Wildman–Crippen LogP) is 1.88. The molecule has 17 heavy (non-hydrogen) atoms. The lowest BCUT2D eigenvalue weighted by molar-refractivity contribution is 0.0609. The Morgan fingerprint density at radius 1 is 1.65 bits per heavy atom.